The van der Waals surface area contributed by atoms with Gasteiger partial charge in [0.05, 0.1) is 5.56 Å². The number of carbonyl (C=O) groups excluding carboxylic acids is 1. The molecule has 0 spiro atoms. The second-order valence-electron chi connectivity index (χ2n) is 4.74. The van der Waals surface area contributed by atoms with Crippen molar-refractivity contribution in [3.63, 3.8) is 0 Å². The van der Waals surface area contributed by atoms with E-state index < -0.39 is 0 Å². The van der Waals surface area contributed by atoms with Crippen LogP contribution in [0.2, 0.25) is 0 Å². The maximum Gasteiger partial charge on any atom is 0.255 e. The Morgan fingerprint density at radius 1 is 1.21 bits per heavy atom. The molecular formula is C15H14N2O2. The minimum absolute atomic E-state index is 0.129. The van der Waals surface area contributed by atoms with Gasteiger partial charge in [-0.1, -0.05) is 30.3 Å². The van der Waals surface area contributed by atoms with Crippen molar-refractivity contribution in [2.45, 2.75) is 18.9 Å². The second kappa shape index (κ2) is 4.72. The number of rotatable bonds is 3. The molecule has 1 saturated carbocycles. The number of nitrogens with one attached hydrogen (secondary N) is 2. The van der Waals surface area contributed by atoms with E-state index in [0.717, 1.165) is 18.4 Å². The Bertz CT molecular complexity index is 657. The van der Waals surface area contributed by atoms with Gasteiger partial charge < -0.3 is 10.3 Å². The van der Waals surface area contributed by atoms with Gasteiger partial charge in [-0.2, -0.15) is 0 Å². The van der Waals surface area contributed by atoms with Crippen LogP contribution in [0, 0.1) is 0 Å². The van der Waals surface area contributed by atoms with Crippen molar-refractivity contribution in [3.8, 4) is 11.1 Å². The molecular weight excluding hydrogens is 240 g/mol. The molecule has 4 heteroatoms. The lowest BCUT2D eigenvalue weighted by Gasteiger charge is -2.05. The van der Waals surface area contributed by atoms with Crippen LogP contribution >= 0.6 is 0 Å². The lowest BCUT2D eigenvalue weighted by atomic mass is 10.1. The zero-order valence-corrected chi connectivity index (χ0v) is 10.3. The van der Waals surface area contributed by atoms with Crippen molar-refractivity contribution < 1.29 is 4.79 Å². The van der Waals surface area contributed by atoms with Gasteiger partial charge in [0.1, 0.15) is 0 Å². The Balaban J connectivity index is 1.96. The summed E-state index contributed by atoms with van der Waals surface area (Å²) >= 11 is 0. The fraction of sp³-hybridized carbons (Fsp3) is 0.200. The van der Waals surface area contributed by atoms with E-state index in [9.17, 15) is 9.59 Å². The van der Waals surface area contributed by atoms with Crippen LogP contribution in [0.3, 0.4) is 0 Å². The summed E-state index contributed by atoms with van der Waals surface area (Å²) in [6.07, 6.45) is 3.55. The van der Waals surface area contributed by atoms with Gasteiger partial charge in [0, 0.05) is 17.8 Å². The number of amides is 1. The van der Waals surface area contributed by atoms with Crippen LogP contribution in [0.25, 0.3) is 11.1 Å². The van der Waals surface area contributed by atoms with E-state index in [1.54, 1.807) is 6.07 Å². The molecule has 0 bridgehead atoms. The van der Waals surface area contributed by atoms with Crippen LogP contribution in [-0.2, 0) is 0 Å². The lowest BCUT2D eigenvalue weighted by Crippen LogP contribution is -2.26. The molecule has 2 N–H and O–H groups in total. The molecule has 1 aromatic heterocycles. The van der Waals surface area contributed by atoms with Crippen molar-refractivity contribution in [2.24, 2.45) is 0 Å². The summed E-state index contributed by atoms with van der Waals surface area (Å²) in [6.45, 7) is 0. The third-order valence-corrected chi connectivity index (χ3v) is 3.16. The number of hydrogen-bond acceptors (Lipinski definition) is 2. The Hall–Kier alpha value is -2.36. The zero-order valence-electron chi connectivity index (χ0n) is 10.3. The molecule has 3 rings (SSSR count). The molecule has 1 aromatic carbocycles. The maximum atomic E-state index is 12.0. The van der Waals surface area contributed by atoms with Gasteiger partial charge in [-0.3, -0.25) is 9.59 Å². The van der Waals surface area contributed by atoms with E-state index >= 15 is 0 Å². The third kappa shape index (κ3) is 2.57. The van der Waals surface area contributed by atoms with Crippen molar-refractivity contribution in [1.29, 1.82) is 0 Å². The molecule has 4 nitrogen and oxygen atoms in total. The minimum Gasteiger partial charge on any atom is -0.349 e. The number of carbonyl (C=O) groups is 1. The summed E-state index contributed by atoms with van der Waals surface area (Å²) in [5, 5.41) is 2.91. The summed E-state index contributed by atoms with van der Waals surface area (Å²) in [6, 6.07) is 11.3. The average molecular weight is 254 g/mol. The number of hydrogen-bond donors (Lipinski definition) is 2. The highest BCUT2D eigenvalue weighted by atomic mass is 16.2. The minimum atomic E-state index is -0.186. The first-order valence-electron chi connectivity index (χ1n) is 6.33. The van der Waals surface area contributed by atoms with E-state index in [1.807, 2.05) is 30.3 Å². The largest absolute Gasteiger partial charge is 0.349 e. The van der Waals surface area contributed by atoms with Gasteiger partial charge >= 0.3 is 0 Å². The number of benzene rings is 1. The average Bonchev–Trinajstić information content (AvgIpc) is 3.24. The summed E-state index contributed by atoms with van der Waals surface area (Å²) in [5.41, 5.74) is 1.63. The number of aromatic nitrogens is 1. The van der Waals surface area contributed by atoms with Gasteiger partial charge in [0.15, 0.2) is 0 Å². The van der Waals surface area contributed by atoms with E-state index in [-0.39, 0.29) is 11.5 Å². The second-order valence-corrected chi connectivity index (χ2v) is 4.74. The van der Waals surface area contributed by atoms with Crippen molar-refractivity contribution in [2.75, 3.05) is 0 Å². The molecule has 0 aliphatic heterocycles. The van der Waals surface area contributed by atoms with Crippen LogP contribution in [0.1, 0.15) is 23.2 Å². The Morgan fingerprint density at radius 2 is 1.95 bits per heavy atom. The molecule has 1 heterocycles. The Morgan fingerprint density at radius 3 is 2.63 bits per heavy atom. The molecule has 1 fully saturated rings. The molecule has 96 valence electrons. The van der Waals surface area contributed by atoms with Gasteiger partial charge in [0.2, 0.25) is 0 Å². The van der Waals surface area contributed by atoms with Crippen LogP contribution in [0.4, 0.5) is 0 Å². The fourth-order valence-corrected chi connectivity index (χ4v) is 1.94. The standard InChI is InChI=1S/C15H14N2O2/c18-14(17-12-6-7-12)11-8-13(15(19)16-9-11)10-4-2-1-3-5-10/h1-5,8-9,12H,6-7H2,(H,16,19)(H,17,18). The first kappa shape index (κ1) is 11.7. The summed E-state index contributed by atoms with van der Waals surface area (Å²) in [7, 11) is 0. The van der Waals surface area contributed by atoms with Gasteiger partial charge in [-0.25, -0.2) is 0 Å². The van der Waals surface area contributed by atoms with Crippen LogP contribution < -0.4 is 10.9 Å². The normalized spacial score (nSPS) is 14.1. The van der Waals surface area contributed by atoms with Crippen molar-refractivity contribution in [3.05, 3.63) is 58.5 Å². The SMILES string of the molecule is O=C(NC1CC1)c1c[nH]c(=O)c(-c2ccccc2)c1. The van der Waals surface area contributed by atoms with E-state index in [0.29, 0.717) is 17.2 Å². The Labute approximate surface area is 110 Å². The highest BCUT2D eigenvalue weighted by molar-refractivity contribution is 5.95. The molecule has 0 unspecified atom stereocenters. The summed E-state index contributed by atoms with van der Waals surface area (Å²) < 4.78 is 0. The van der Waals surface area contributed by atoms with Crippen LogP contribution in [-0.4, -0.2) is 16.9 Å². The smallest absolute Gasteiger partial charge is 0.255 e. The van der Waals surface area contributed by atoms with Gasteiger partial charge in [-0.15, -0.1) is 0 Å². The van der Waals surface area contributed by atoms with E-state index in [4.69, 9.17) is 0 Å². The highest BCUT2D eigenvalue weighted by Crippen LogP contribution is 2.20. The number of aromatic amines is 1. The van der Waals surface area contributed by atoms with Crippen LogP contribution in [0.5, 0.6) is 0 Å². The van der Waals surface area contributed by atoms with E-state index in [1.165, 1.54) is 6.20 Å². The van der Waals surface area contributed by atoms with Crippen molar-refractivity contribution in [1.82, 2.24) is 10.3 Å². The monoisotopic (exact) mass is 254 g/mol. The first-order valence-corrected chi connectivity index (χ1v) is 6.33. The van der Waals surface area contributed by atoms with Crippen molar-refractivity contribution >= 4 is 5.91 Å². The zero-order chi connectivity index (χ0) is 13.2. The number of H-pyrrole nitrogens is 1. The molecule has 1 aliphatic carbocycles. The molecule has 0 saturated heterocycles. The fourth-order valence-electron chi connectivity index (χ4n) is 1.94. The molecule has 1 aliphatic rings. The molecule has 0 radical (unpaired) electrons. The van der Waals surface area contributed by atoms with E-state index in [2.05, 4.69) is 10.3 Å². The number of pyridine rings is 1. The Kier molecular flexibility index (Phi) is 2.91. The lowest BCUT2D eigenvalue weighted by molar-refractivity contribution is 0.0950. The molecule has 0 atom stereocenters. The first-order chi connectivity index (χ1) is 9.24. The molecule has 19 heavy (non-hydrogen) atoms. The summed E-state index contributed by atoms with van der Waals surface area (Å²) in [4.78, 5) is 26.4. The highest BCUT2D eigenvalue weighted by Gasteiger charge is 2.24. The predicted octanol–water partition coefficient (Wildman–Crippen LogP) is 1.93. The topological polar surface area (TPSA) is 62.0 Å². The predicted molar refractivity (Wildman–Crippen MR) is 73.0 cm³/mol. The third-order valence-electron chi connectivity index (χ3n) is 3.16. The quantitative estimate of drug-likeness (QED) is 0.879. The van der Waals surface area contributed by atoms with Gasteiger partial charge in [-0.05, 0) is 24.5 Å². The maximum absolute atomic E-state index is 12.0. The molecule has 1 amide bonds. The summed E-state index contributed by atoms with van der Waals surface area (Å²) in [5.74, 6) is -0.129. The van der Waals surface area contributed by atoms with Gasteiger partial charge in [0.25, 0.3) is 11.5 Å². The molecule has 2 aromatic rings. The van der Waals surface area contributed by atoms with Crippen LogP contribution in [0.15, 0.2) is 47.4 Å².